The number of nitrogens with zero attached hydrogens (tertiary/aromatic N) is 2. The number of carboxylic acid groups (broad SMARTS) is 1. The molecular formula is C25H39N7O6S. The standard InChI is InChI=1S/C25H39N7O6S/c1-12-20-19(13(2)29-18(34)11-27-3)24(36)32(20)21(25(37)38)22(12)39-15-8-16(28-10-15)23(35)31-6-4-14(5-7-31)30-17(33)9-26/h12-16,19-20,27-28H,4-11,26H2,1-3H3,(H,29,34)(H,30,33)(H,37,38)/t12-,13-,15+,16+,19-,20+/m1/s1. The monoisotopic (exact) mass is 565 g/mol. The summed E-state index contributed by atoms with van der Waals surface area (Å²) in [6.07, 6.45) is 1.90. The van der Waals surface area contributed by atoms with E-state index in [0.29, 0.717) is 43.8 Å². The first kappa shape index (κ1) is 29.3. The van der Waals surface area contributed by atoms with Gasteiger partial charge in [0.15, 0.2) is 0 Å². The number of nitrogens with two attached hydrogens (primary N) is 1. The topological polar surface area (TPSA) is 186 Å². The van der Waals surface area contributed by atoms with Gasteiger partial charge in [-0.25, -0.2) is 4.79 Å². The number of nitrogens with one attached hydrogen (secondary N) is 4. The van der Waals surface area contributed by atoms with Crippen molar-refractivity contribution in [2.75, 3.05) is 39.8 Å². The molecule has 0 aromatic carbocycles. The van der Waals surface area contributed by atoms with Crippen molar-refractivity contribution in [3.63, 3.8) is 0 Å². The van der Waals surface area contributed by atoms with Crippen molar-refractivity contribution in [2.24, 2.45) is 17.6 Å². The summed E-state index contributed by atoms with van der Waals surface area (Å²) in [7, 11) is 1.66. The average Bonchev–Trinajstić information content (AvgIpc) is 3.45. The molecule has 4 aliphatic rings. The molecule has 4 amide bonds. The molecule has 7 N–H and O–H groups in total. The second-order valence-electron chi connectivity index (χ2n) is 10.7. The van der Waals surface area contributed by atoms with Crippen LogP contribution in [0.5, 0.6) is 0 Å². The summed E-state index contributed by atoms with van der Waals surface area (Å²) in [5.74, 6) is -2.54. The lowest BCUT2D eigenvalue weighted by Gasteiger charge is -2.47. The molecule has 0 aliphatic carbocycles. The minimum absolute atomic E-state index is 0.0128. The Labute approximate surface area is 232 Å². The minimum Gasteiger partial charge on any atom is -0.477 e. The van der Waals surface area contributed by atoms with Crippen molar-refractivity contribution < 1.29 is 29.1 Å². The number of hydrogen-bond acceptors (Lipinski definition) is 9. The van der Waals surface area contributed by atoms with Crippen molar-refractivity contribution in [3.05, 3.63) is 10.6 Å². The van der Waals surface area contributed by atoms with E-state index < -0.39 is 17.9 Å². The van der Waals surface area contributed by atoms with Crippen LogP contribution in [-0.4, -0.2) is 114 Å². The number of hydrogen-bond donors (Lipinski definition) is 6. The number of carbonyl (C=O) groups is 5. The Bertz CT molecular complexity index is 1050. The summed E-state index contributed by atoms with van der Waals surface area (Å²) in [6, 6.07) is -1.10. The van der Waals surface area contributed by atoms with Crippen molar-refractivity contribution in [2.45, 2.75) is 62.5 Å². The number of fused-ring (bicyclic) bond motifs is 1. The number of carboxylic acids is 1. The average molecular weight is 566 g/mol. The Morgan fingerprint density at radius 1 is 1.21 bits per heavy atom. The summed E-state index contributed by atoms with van der Waals surface area (Å²) in [5, 5.41) is 21.8. The van der Waals surface area contributed by atoms with Crippen molar-refractivity contribution in [3.8, 4) is 0 Å². The molecule has 13 nitrogen and oxygen atoms in total. The third-order valence-corrected chi connectivity index (χ3v) is 9.61. The van der Waals surface area contributed by atoms with Crippen molar-refractivity contribution in [1.29, 1.82) is 0 Å². The van der Waals surface area contributed by atoms with Gasteiger partial charge in [0.1, 0.15) is 5.70 Å². The lowest BCUT2D eigenvalue weighted by molar-refractivity contribution is -0.158. The fourth-order valence-corrected chi connectivity index (χ4v) is 7.64. The van der Waals surface area contributed by atoms with Crippen LogP contribution in [0.25, 0.3) is 0 Å². The largest absolute Gasteiger partial charge is 0.477 e. The lowest BCUT2D eigenvalue weighted by atomic mass is 9.78. The number of likely N-dealkylation sites (tertiary alicyclic amines) is 1. The molecule has 39 heavy (non-hydrogen) atoms. The molecule has 3 saturated heterocycles. The fourth-order valence-electron chi connectivity index (χ4n) is 6.16. The van der Waals surface area contributed by atoms with E-state index in [-0.39, 0.29) is 71.7 Å². The van der Waals surface area contributed by atoms with Crippen LogP contribution in [0.3, 0.4) is 0 Å². The number of thioether (sulfide) groups is 1. The van der Waals surface area contributed by atoms with Crippen LogP contribution in [-0.2, 0) is 24.0 Å². The highest BCUT2D eigenvalue weighted by atomic mass is 32.2. The highest BCUT2D eigenvalue weighted by molar-refractivity contribution is 8.03. The molecule has 0 aromatic rings. The van der Waals surface area contributed by atoms with E-state index in [2.05, 4.69) is 21.3 Å². The predicted octanol–water partition coefficient (Wildman–Crippen LogP) is -1.99. The van der Waals surface area contributed by atoms with Gasteiger partial charge in [0.2, 0.25) is 23.6 Å². The normalized spacial score (nSPS) is 29.6. The maximum Gasteiger partial charge on any atom is 0.353 e. The Balaban J connectivity index is 1.35. The van der Waals surface area contributed by atoms with Gasteiger partial charge >= 0.3 is 5.97 Å². The smallest absolute Gasteiger partial charge is 0.353 e. The molecule has 0 saturated carbocycles. The van der Waals surface area contributed by atoms with Crippen molar-refractivity contribution >= 4 is 41.4 Å². The molecule has 6 atom stereocenters. The molecule has 0 aromatic heterocycles. The number of piperidine rings is 1. The first-order chi connectivity index (χ1) is 18.6. The number of amides is 4. The molecule has 14 heteroatoms. The van der Waals surface area contributed by atoms with Crippen LogP contribution in [0.2, 0.25) is 0 Å². The van der Waals surface area contributed by atoms with Crippen LogP contribution in [0, 0.1) is 11.8 Å². The van der Waals surface area contributed by atoms with E-state index >= 15 is 0 Å². The van der Waals surface area contributed by atoms with Crippen LogP contribution in [0.4, 0.5) is 0 Å². The molecule has 0 spiro atoms. The van der Waals surface area contributed by atoms with Gasteiger partial charge in [0, 0.05) is 47.8 Å². The van der Waals surface area contributed by atoms with Gasteiger partial charge in [0.25, 0.3) is 0 Å². The summed E-state index contributed by atoms with van der Waals surface area (Å²) in [4.78, 5) is 65.9. The van der Waals surface area contributed by atoms with Gasteiger partial charge < -0.3 is 41.9 Å². The number of likely N-dealkylation sites (N-methyl/N-ethyl adjacent to an activating group) is 1. The first-order valence-electron chi connectivity index (χ1n) is 13.5. The third kappa shape index (κ3) is 5.93. The SMILES string of the molecule is CNCC(=O)N[C@H](C)[C@H]1C(=O)N2C(C(=O)O)=C(S[C@@H]3CN[C@H](C(=O)N4CCC(NC(=O)CN)CC4)C3)[C@H](C)[C@@H]12. The molecule has 4 aliphatic heterocycles. The van der Waals surface area contributed by atoms with Gasteiger partial charge in [-0.1, -0.05) is 6.92 Å². The number of β-lactam (4-membered cyclic amide) rings is 1. The van der Waals surface area contributed by atoms with Crippen LogP contribution < -0.4 is 27.0 Å². The summed E-state index contributed by atoms with van der Waals surface area (Å²) in [6.45, 7) is 5.44. The van der Waals surface area contributed by atoms with Gasteiger partial charge in [-0.3, -0.25) is 19.2 Å². The Morgan fingerprint density at radius 3 is 2.51 bits per heavy atom. The summed E-state index contributed by atoms with van der Waals surface area (Å²) >= 11 is 1.44. The van der Waals surface area contributed by atoms with Crippen LogP contribution >= 0.6 is 11.8 Å². The maximum absolute atomic E-state index is 13.2. The van der Waals surface area contributed by atoms with E-state index in [9.17, 15) is 29.1 Å². The van der Waals surface area contributed by atoms with Gasteiger partial charge in [-0.15, -0.1) is 11.8 Å². The zero-order valence-corrected chi connectivity index (χ0v) is 23.4. The van der Waals surface area contributed by atoms with E-state index in [0.717, 1.165) is 0 Å². The zero-order valence-electron chi connectivity index (χ0n) is 22.6. The quantitative estimate of drug-likeness (QED) is 0.162. The molecule has 0 bridgehead atoms. The molecule has 4 heterocycles. The Kier molecular flexibility index (Phi) is 9.19. The molecule has 3 fully saturated rings. The Morgan fingerprint density at radius 2 is 1.90 bits per heavy atom. The first-order valence-corrected chi connectivity index (χ1v) is 14.4. The van der Waals surface area contributed by atoms with E-state index in [1.54, 1.807) is 14.0 Å². The van der Waals surface area contributed by atoms with Gasteiger partial charge in [0.05, 0.1) is 31.1 Å². The number of rotatable bonds is 10. The number of carbonyl (C=O) groups excluding carboxylic acids is 4. The van der Waals surface area contributed by atoms with Gasteiger partial charge in [-0.2, -0.15) is 0 Å². The summed E-state index contributed by atoms with van der Waals surface area (Å²) < 4.78 is 0. The van der Waals surface area contributed by atoms with Crippen molar-refractivity contribution in [1.82, 2.24) is 31.1 Å². The van der Waals surface area contributed by atoms with E-state index in [1.165, 1.54) is 16.7 Å². The third-order valence-electron chi connectivity index (χ3n) is 8.10. The van der Waals surface area contributed by atoms with E-state index in [1.807, 2.05) is 11.8 Å². The molecule has 4 rings (SSSR count). The summed E-state index contributed by atoms with van der Waals surface area (Å²) in [5.41, 5.74) is 5.38. The van der Waals surface area contributed by atoms with E-state index in [4.69, 9.17) is 5.73 Å². The number of aliphatic carboxylic acids is 1. The Hall–Kier alpha value is -2.68. The minimum atomic E-state index is -1.14. The molecule has 0 unspecified atom stereocenters. The fraction of sp³-hybridized carbons (Fsp3) is 0.720. The van der Waals surface area contributed by atoms with Crippen LogP contribution in [0.1, 0.15) is 33.1 Å². The second kappa shape index (κ2) is 12.2. The zero-order chi connectivity index (χ0) is 28.4. The molecular weight excluding hydrogens is 526 g/mol. The molecule has 0 radical (unpaired) electrons. The highest BCUT2D eigenvalue weighted by Gasteiger charge is 2.60. The second-order valence-corrected chi connectivity index (χ2v) is 12.1. The van der Waals surface area contributed by atoms with Gasteiger partial charge in [-0.05, 0) is 33.2 Å². The maximum atomic E-state index is 13.2. The lowest BCUT2D eigenvalue weighted by Crippen LogP contribution is -2.66. The molecule has 216 valence electrons. The van der Waals surface area contributed by atoms with Crippen LogP contribution in [0.15, 0.2) is 10.6 Å². The predicted molar refractivity (Wildman–Crippen MR) is 144 cm³/mol. The highest BCUT2D eigenvalue weighted by Crippen LogP contribution is 2.51.